The summed E-state index contributed by atoms with van der Waals surface area (Å²) in [6.07, 6.45) is 3.25. The minimum atomic E-state index is -0.609. The van der Waals surface area contributed by atoms with Crippen molar-refractivity contribution in [1.82, 2.24) is 5.32 Å². The van der Waals surface area contributed by atoms with Crippen molar-refractivity contribution >= 4 is 23.2 Å². The normalized spacial score (nSPS) is 15.4. The van der Waals surface area contributed by atoms with Gasteiger partial charge < -0.3 is 15.0 Å². The summed E-state index contributed by atoms with van der Waals surface area (Å²) in [5.74, 6) is 0.354. The van der Waals surface area contributed by atoms with Crippen molar-refractivity contribution < 1.29 is 9.53 Å². The Morgan fingerprint density at radius 3 is 2.50 bits per heavy atom. The fourth-order valence-electron chi connectivity index (χ4n) is 3.09. The SMILES string of the molecule is CC(Oc1ccccc1Cl)C(=O)NCc1ccc(N2CCCCC2)cc1. The monoisotopic (exact) mass is 372 g/mol. The van der Waals surface area contributed by atoms with Gasteiger partial charge in [-0.05, 0) is 56.0 Å². The first-order valence-electron chi connectivity index (χ1n) is 9.16. The summed E-state index contributed by atoms with van der Waals surface area (Å²) in [4.78, 5) is 14.7. The molecule has 1 N–H and O–H groups in total. The number of nitrogens with one attached hydrogen (secondary N) is 1. The molecule has 3 rings (SSSR count). The average molecular weight is 373 g/mol. The van der Waals surface area contributed by atoms with E-state index < -0.39 is 6.10 Å². The van der Waals surface area contributed by atoms with Crippen LogP contribution in [-0.4, -0.2) is 25.1 Å². The predicted octanol–water partition coefficient (Wildman–Crippen LogP) is 4.41. The number of hydrogen-bond donors (Lipinski definition) is 1. The highest BCUT2D eigenvalue weighted by Crippen LogP contribution is 2.24. The highest BCUT2D eigenvalue weighted by Gasteiger charge is 2.16. The summed E-state index contributed by atoms with van der Waals surface area (Å²) in [6.45, 7) is 4.47. The van der Waals surface area contributed by atoms with Crippen molar-refractivity contribution in [1.29, 1.82) is 0 Å². The molecule has 4 nitrogen and oxygen atoms in total. The lowest BCUT2D eigenvalue weighted by molar-refractivity contribution is -0.127. The van der Waals surface area contributed by atoms with Crippen LogP contribution in [0, 0.1) is 0 Å². The lowest BCUT2D eigenvalue weighted by Crippen LogP contribution is -2.36. The van der Waals surface area contributed by atoms with E-state index in [1.807, 2.05) is 12.1 Å². The molecule has 1 aliphatic rings. The number of carbonyl (C=O) groups is 1. The third-order valence-electron chi connectivity index (χ3n) is 4.63. The number of nitrogens with zero attached hydrogens (tertiary/aromatic N) is 1. The van der Waals surface area contributed by atoms with E-state index in [0.717, 1.165) is 18.7 Å². The second-order valence-electron chi connectivity index (χ2n) is 6.62. The number of ether oxygens (including phenoxy) is 1. The zero-order valence-corrected chi connectivity index (χ0v) is 15.8. The van der Waals surface area contributed by atoms with Gasteiger partial charge >= 0.3 is 0 Å². The van der Waals surface area contributed by atoms with Gasteiger partial charge in [0.2, 0.25) is 0 Å². The molecule has 0 spiro atoms. The van der Waals surface area contributed by atoms with Gasteiger partial charge in [-0.15, -0.1) is 0 Å². The van der Waals surface area contributed by atoms with Crippen LogP contribution in [-0.2, 0) is 11.3 Å². The van der Waals surface area contributed by atoms with Gasteiger partial charge in [-0.3, -0.25) is 4.79 Å². The Kier molecular flexibility index (Phi) is 6.40. The third-order valence-corrected chi connectivity index (χ3v) is 4.95. The summed E-state index contributed by atoms with van der Waals surface area (Å²) in [5, 5.41) is 3.42. The van der Waals surface area contributed by atoms with Crippen molar-refractivity contribution in [2.45, 2.75) is 38.8 Å². The maximum Gasteiger partial charge on any atom is 0.261 e. The molecule has 2 aromatic carbocycles. The standard InChI is InChI=1S/C21H25ClN2O2/c1-16(26-20-8-4-3-7-19(20)22)21(25)23-15-17-9-11-18(12-10-17)24-13-5-2-6-14-24/h3-4,7-12,16H,2,5-6,13-15H2,1H3,(H,23,25). The fourth-order valence-corrected chi connectivity index (χ4v) is 3.27. The van der Waals surface area contributed by atoms with Crippen molar-refractivity contribution in [3.8, 4) is 5.75 Å². The largest absolute Gasteiger partial charge is 0.479 e. The summed E-state index contributed by atoms with van der Waals surface area (Å²) in [5.41, 5.74) is 2.33. The molecule has 0 saturated carbocycles. The van der Waals surface area contributed by atoms with Gasteiger partial charge in [0.1, 0.15) is 5.75 Å². The molecule has 1 unspecified atom stereocenters. The topological polar surface area (TPSA) is 41.6 Å². The molecule has 5 heteroatoms. The smallest absolute Gasteiger partial charge is 0.261 e. The molecule has 1 fully saturated rings. The van der Waals surface area contributed by atoms with Gasteiger partial charge in [0.15, 0.2) is 6.10 Å². The Labute approximate surface area is 160 Å². The Bertz CT molecular complexity index is 727. The molecule has 1 amide bonds. The Morgan fingerprint density at radius 1 is 1.12 bits per heavy atom. The molecule has 0 radical (unpaired) electrons. The number of benzene rings is 2. The van der Waals surface area contributed by atoms with E-state index >= 15 is 0 Å². The van der Waals surface area contributed by atoms with Gasteiger partial charge in [0, 0.05) is 25.3 Å². The van der Waals surface area contributed by atoms with E-state index in [0.29, 0.717) is 17.3 Å². The van der Waals surface area contributed by atoms with E-state index in [2.05, 4.69) is 34.5 Å². The number of hydrogen-bond acceptors (Lipinski definition) is 3. The highest BCUT2D eigenvalue weighted by molar-refractivity contribution is 6.32. The molecule has 2 aromatic rings. The molecule has 0 aromatic heterocycles. The lowest BCUT2D eigenvalue weighted by Gasteiger charge is -2.28. The molecule has 26 heavy (non-hydrogen) atoms. The van der Waals surface area contributed by atoms with E-state index in [1.54, 1.807) is 19.1 Å². The van der Waals surface area contributed by atoms with Crippen LogP contribution in [0.2, 0.25) is 5.02 Å². The first-order chi connectivity index (χ1) is 12.6. The molecule has 0 bridgehead atoms. The Balaban J connectivity index is 1.50. The summed E-state index contributed by atoms with van der Waals surface area (Å²) < 4.78 is 5.64. The van der Waals surface area contributed by atoms with Crippen LogP contribution in [0.25, 0.3) is 0 Å². The Morgan fingerprint density at radius 2 is 1.81 bits per heavy atom. The first kappa shape index (κ1) is 18.6. The Hall–Kier alpha value is -2.20. The third kappa shape index (κ3) is 4.92. The van der Waals surface area contributed by atoms with Crippen LogP contribution < -0.4 is 15.0 Å². The molecule has 1 heterocycles. The van der Waals surface area contributed by atoms with Crippen LogP contribution in [0.15, 0.2) is 48.5 Å². The van der Waals surface area contributed by atoms with Crippen molar-refractivity contribution in [3.05, 3.63) is 59.1 Å². The zero-order valence-electron chi connectivity index (χ0n) is 15.1. The van der Waals surface area contributed by atoms with E-state index in [9.17, 15) is 4.79 Å². The minimum Gasteiger partial charge on any atom is -0.479 e. The van der Waals surface area contributed by atoms with Crippen LogP contribution >= 0.6 is 11.6 Å². The second-order valence-corrected chi connectivity index (χ2v) is 7.03. The van der Waals surface area contributed by atoms with Gasteiger partial charge in [-0.25, -0.2) is 0 Å². The summed E-state index contributed by atoms with van der Waals surface area (Å²) in [6, 6.07) is 15.6. The number of piperidine rings is 1. The lowest BCUT2D eigenvalue weighted by atomic mass is 10.1. The van der Waals surface area contributed by atoms with E-state index in [-0.39, 0.29) is 5.91 Å². The maximum absolute atomic E-state index is 12.3. The number of rotatable bonds is 6. The van der Waals surface area contributed by atoms with Gasteiger partial charge in [-0.1, -0.05) is 35.9 Å². The van der Waals surface area contributed by atoms with Crippen LogP contribution in [0.4, 0.5) is 5.69 Å². The molecule has 1 atom stereocenters. The van der Waals surface area contributed by atoms with E-state index in [1.165, 1.54) is 24.9 Å². The predicted molar refractivity (Wildman–Crippen MR) is 106 cm³/mol. The number of halogens is 1. The number of carbonyl (C=O) groups excluding carboxylic acids is 1. The number of anilines is 1. The quantitative estimate of drug-likeness (QED) is 0.816. The van der Waals surface area contributed by atoms with Gasteiger partial charge in [0.25, 0.3) is 5.91 Å². The molecular formula is C21H25ClN2O2. The maximum atomic E-state index is 12.3. The van der Waals surface area contributed by atoms with Crippen LogP contribution in [0.3, 0.4) is 0 Å². The molecule has 0 aliphatic carbocycles. The molecule has 1 saturated heterocycles. The summed E-state index contributed by atoms with van der Waals surface area (Å²) >= 11 is 6.06. The number of amides is 1. The fraction of sp³-hybridized carbons (Fsp3) is 0.381. The summed E-state index contributed by atoms with van der Waals surface area (Å²) in [7, 11) is 0. The molecular weight excluding hydrogens is 348 g/mol. The van der Waals surface area contributed by atoms with E-state index in [4.69, 9.17) is 16.3 Å². The van der Waals surface area contributed by atoms with Gasteiger partial charge in [0.05, 0.1) is 5.02 Å². The average Bonchev–Trinajstić information content (AvgIpc) is 2.69. The van der Waals surface area contributed by atoms with Crippen molar-refractivity contribution in [3.63, 3.8) is 0 Å². The second kappa shape index (κ2) is 8.95. The number of para-hydroxylation sites is 1. The minimum absolute atomic E-state index is 0.162. The molecule has 1 aliphatic heterocycles. The highest BCUT2D eigenvalue weighted by atomic mass is 35.5. The van der Waals surface area contributed by atoms with Crippen LogP contribution in [0.5, 0.6) is 5.75 Å². The zero-order chi connectivity index (χ0) is 18.4. The first-order valence-corrected chi connectivity index (χ1v) is 9.54. The van der Waals surface area contributed by atoms with Crippen molar-refractivity contribution in [2.24, 2.45) is 0 Å². The van der Waals surface area contributed by atoms with Gasteiger partial charge in [-0.2, -0.15) is 0 Å². The van der Waals surface area contributed by atoms with Crippen molar-refractivity contribution in [2.75, 3.05) is 18.0 Å². The molecule has 138 valence electrons. The van der Waals surface area contributed by atoms with Crippen LogP contribution in [0.1, 0.15) is 31.7 Å².